The van der Waals surface area contributed by atoms with Crippen molar-refractivity contribution in [3.05, 3.63) is 23.0 Å². The molecule has 84 valence electrons. The minimum absolute atomic E-state index is 0.516. The summed E-state index contributed by atoms with van der Waals surface area (Å²) in [6.45, 7) is 3.99. The van der Waals surface area contributed by atoms with Gasteiger partial charge in [-0.3, -0.25) is 0 Å². The molecule has 6 heteroatoms. The van der Waals surface area contributed by atoms with Crippen LogP contribution in [0.15, 0.2) is 20.8 Å². The molecule has 0 fully saturated rings. The van der Waals surface area contributed by atoms with Gasteiger partial charge < -0.3 is 5.73 Å². The number of hydrogen-bond donors (Lipinski definition) is 1. The van der Waals surface area contributed by atoms with Crippen LogP contribution in [0.1, 0.15) is 18.4 Å². The molecule has 0 saturated carbocycles. The van der Waals surface area contributed by atoms with Crippen molar-refractivity contribution in [1.29, 1.82) is 0 Å². The Labute approximate surface area is 102 Å². The molecule has 2 rings (SSSR count). The molecule has 0 aliphatic rings. The van der Waals surface area contributed by atoms with E-state index in [0.29, 0.717) is 5.82 Å². The van der Waals surface area contributed by atoms with Gasteiger partial charge in [0, 0.05) is 23.6 Å². The van der Waals surface area contributed by atoms with Gasteiger partial charge in [0.2, 0.25) is 0 Å². The Hall–Kier alpha value is -1.14. The average molecular weight is 252 g/mol. The third-order valence-electron chi connectivity index (χ3n) is 1.87. The maximum atomic E-state index is 5.71. The lowest BCUT2D eigenvalue weighted by Crippen LogP contribution is -1.99. The highest BCUT2D eigenvalue weighted by Gasteiger charge is 2.06. The Morgan fingerprint density at radius 1 is 1.38 bits per heavy atom. The maximum absolute atomic E-state index is 5.71. The topological polar surface area (TPSA) is 64.7 Å². The SMILES string of the molecule is CCc1nc(N)cc(Sc2nc(C)cs2)n1. The second-order valence-corrected chi connectivity index (χ2v) is 5.38. The average Bonchev–Trinajstić information content (AvgIpc) is 2.63. The Morgan fingerprint density at radius 3 is 2.81 bits per heavy atom. The van der Waals surface area contributed by atoms with E-state index in [1.807, 2.05) is 19.2 Å². The zero-order valence-corrected chi connectivity index (χ0v) is 10.7. The first-order chi connectivity index (χ1) is 7.67. The molecule has 0 bridgehead atoms. The number of nitrogens with two attached hydrogens (primary N) is 1. The molecule has 2 N–H and O–H groups in total. The van der Waals surface area contributed by atoms with Crippen molar-refractivity contribution >= 4 is 28.9 Å². The molecule has 0 saturated heterocycles. The summed E-state index contributed by atoms with van der Waals surface area (Å²) in [6.07, 6.45) is 0.787. The molecule has 2 aromatic heterocycles. The van der Waals surface area contributed by atoms with Gasteiger partial charge in [-0.05, 0) is 18.7 Å². The molecule has 0 spiro atoms. The van der Waals surface area contributed by atoms with Crippen LogP contribution in [0.25, 0.3) is 0 Å². The van der Waals surface area contributed by atoms with E-state index in [-0.39, 0.29) is 0 Å². The Kier molecular flexibility index (Phi) is 3.40. The van der Waals surface area contributed by atoms with E-state index in [1.165, 1.54) is 11.8 Å². The molecule has 2 aromatic rings. The van der Waals surface area contributed by atoms with E-state index in [2.05, 4.69) is 15.0 Å². The summed E-state index contributed by atoms with van der Waals surface area (Å²) in [5.74, 6) is 1.29. The first-order valence-electron chi connectivity index (χ1n) is 4.91. The van der Waals surface area contributed by atoms with Crippen LogP contribution >= 0.6 is 23.1 Å². The second-order valence-electron chi connectivity index (χ2n) is 3.26. The van der Waals surface area contributed by atoms with Crippen molar-refractivity contribution in [2.24, 2.45) is 0 Å². The predicted octanol–water partition coefficient (Wildman–Crippen LogP) is 2.54. The van der Waals surface area contributed by atoms with Crippen molar-refractivity contribution < 1.29 is 0 Å². The number of nitrogen functional groups attached to an aromatic ring is 1. The Balaban J connectivity index is 2.24. The van der Waals surface area contributed by atoms with E-state index >= 15 is 0 Å². The van der Waals surface area contributed by atoms with E-state index in [0.717, 1.165) is 27.3 Å². The molecule has 0 atom stereocenters. The van der Waals surface area contributed by atoms with Crippen LogP contribution in [-0.4, -0.2) is 15.0 Å². The van der Waals surface area contributed by atoms with Crippen molar-refractivity contribution in [3.8, 4) is 0 Å². The van der Waals surface area contributed by atoms with Gasteiger partial charge in [-0.2, -0.15) is 0 Å². The number of nitrogens with zero attached hydrogens (tertiary/aromatic N) is 3. The van der Waals surface area contributed by atoms with Gasteiger partial charge in [0.15, 0.2) is 4.34 Å². The van der Waals surface area contributed by atoms with Gasteiger partial charge in [-0.25, -0.2) is 15.0 Å². The highest BCUT2D eigenvalue weighted by molar-refractivity contribution is 8.01. The summed E-state index contributed by atoms with van der Waals surface area (Å²) in [7, 11) is 0. The zero-order chi connectivity index (χ0) is 11.5. The lowest BCUT2D eigenvalue weighted by Gasteiger charge is -2.01. The highest BCUT2D eigenvalue weighted by atomic mass is 32.2. The Morgan fingerprint density at radius 2 is 2.19 bits per heavy atom. The first kappa shape index (κ1) is 11.3. The summed E-state index contributed by atoms with van der Waals surface area (Å²) in [6, 6.07) is 1.78. The van der Waals surface area contributed by atoms with Gasteiger partial charge in [0.05, 0.1) is 0 Å². The van der Waals surface area contributed by atoms with E-state index in [1.54, 1.807) is 17.4 Å². The molecule has 0 aliphatic heterocycles. The summed E-state index contributed by atoms with van der Waals surface area (Å²) in [5, 5.41) is 2.88. The normalized spacial score (nSPS) is 10.6. The van der Waals surface area contributed by atoms with E-state index in [4.69, 9.17) is 5.73 Å². The van der Waals surface area contributed by atoms with Crippen LogP contribution in [0.5, 0.6) is 0 Å². The van der Waals surface area contributed by atoms with Gasteiger partial charge in [-0.15, -0.1) is 11.3 Å². The molecule has 2 heterocycles. The number of thiazole rings is 1. The van der Waals surface area contributed by atoms with Gasteiger partial charge in [0.1, 0.15) is 16.7 Å². The predicted molar refractivity (Wildman–Crippen MR) is 66.8 cm³/mol. The Bertz CT molecular complexity index is 495. The number of hydrogen-bond acceptors (Lipinski definition) is 6. The smallest absolute Gasteiger partial charge is 0.156 e. The van der Waals surface area contributed by atoms with Crippen LogP contribution in [-0.2, 0) is 6.42 Å². The number of aryl methyl sites for hydroxylation is 2. The monoisotopic (exact) mass is 252 g/mol. The van der Waals surface area contributed by atoms with Crippen LogP contribution in [0.3, 0.4) is 0 Å². The van der Waals surface area contributed by atoms with Gasteiger partial charge >= 0.3 is 0 Å². The highest BCUT2D eigenvalue weighted by Crippen LogP contribution is 2.29. The molecular weight excluding hydrogens is 240 g/mol. The van der Waals surface area contributed by atoms with Crippen molar-refractivity contribution in [2.45, 2.75) is 29.6 Å². The van der Waals surface area contributed by atoms with Crippen molar-refractivity contribution in [2.75, 3.05) is 5.73 Å². The van der Waals surface area contributed by atoms with E-state index < -0.39 is 0 Å². The van der Waals surface area contributed by atoms with Gasteiger partial charge in [0.25, 0.3) is 0 Å². The van der Waals surface area contributed by atoms with E-state index in [9.17, 15) is 0 Å². The molecule has 0 amide bonds. The lowest BCUT2D eigenvalue weighted by molar-refractivity contribution is 0.894. The fourth-order valence-electron chi connectivity index (χ4n) is 1.17. The summed E-state index contributed by atoms with van der Waals surface area (Å²) < 4.78 is 0.984. The lowest BCUT2D eigenvalue weighted by atomic mass is 10.4. The summed E-state index contributed by atoms with van der Waals surface area (Å²) in [4.78, 5) is 12.9. The third kappa shape index (κ3) is 2.70. The fourth-order valence-corrected chi connectivity index (χ4v) is 2.98. The minimum Gasteiger partial charge on any atom is -0.384 e. The standard InChI is InChI=1S/C10H12N4S2/c1-3-8-13-7(11)4-9(14-8)16-10-12-6(2)5-15-10/h4-5H,3H2,1-2H3,(H2,11,13,14). The van der Waals surface area contributed by atoms with Crippen molar-refractivity contribution in [3.63, 3.8) is 0 Å². The first-order valence-corrected chi connectivity index (χ1v) is 6.60. The summed E-state index contributed by atoms with van der Waals surface area (Å²) >= 11 is 3.14. The number of rotatable bonds is 3. The molecule has 0 aliphatic carbocycles. The molecular formula is C10H12N4S2. The molecule has 16 heavy (non-hydrogen) atoms. The zero-order valence-electron chi connectivity index (χ0n) is 9.10. The second kappa shape index (κ2) is 4.80. The number of anilines is 1. The summed E-state index contributed by atoms with van der Waals surface area (Å²) in [5.41, 5.74) is 6.75. The largest absolute Gasteiger partial charge is 0.384 e. The van der Waals surface area contributed by atoms with Crippen LogP contribution in [0, 0.1) is 6.92 Å². The van der Waals surface area contributed by atoms with Crippen molar-refractivity contribution in [1.82, 2.24) is 15.0 Å². The fraction of sp³-hybridized carbons (Fsp3) is 0.300. The number of aromatic nitrogens is 3. The minimum atomic E-state index is 0.516. The van der Waals surface area contributed by atoms with Gasteiger partial charge in [-0.1, -0.05) is 6.92 Å². The van der Waals surface area contributed by atoms with Crippen LogP contribution in [0.2, 0.25) is 0 Å². The van der Waals surface area contributed by atoms with Crippen LogP contribution < -0.4 is 5.73 Å². The molecule has 0 unspecified atom stereocenters. The molecule has 4 nitrogen and oxygen atoms in total. The quantitative estimate of drug-likeness (QED) is 0.850. The molecule has 0 radical (unpaired) electrons. The van der Waals surface area contributed by atoms with Crippen LogP contribution in [0.4, 0.5) is 5.82 Å². The maximum Gasteiger partial charge on any atom is 0.156 e. The molecule has 0 aromatic carbocycles. The third-order valence-corrected chi connectivity index (χ3v) is 3.85.